The van der Waals surface area contributed by atoms with Crippen molar-refractivity contribution in [1.82, 2.24) is 15.5 Å². The third-order valence-corrected chi connectivity index (χ3v) is 5.91. The van der Waals surface area contributed by atoms with Crippen LogP contribution < -0.4 is 22.1 Å². The molecule has 0 aromatic rings. The van der Waals surface area contributed by atoms with E-state index in [4.69, 9.17) is 16.6 Å². The van der Waals surface area contributed by atoms with E-state index in [0.29, 0.717) is 38.6 Å². The van der Waals surface area contributed by atoms with Crippen molar-refractivity contribution in [3.8, 4) is 0 Å². The molecule has 33 heavy (non-hydrogen) atoms. The summed E-state index contributed by atoms with van der Waals surface area (Å²) in [6.07, 6.45) is 2.26. The third kappa shape index (κ3) is 8.61. The van der Waals surface area contributed by atoms with E-state index in [1.807, 2.05) is 6.92 Å². The lowest BCUT2D eigenvalue weighted by Gasteiger charge is -2.30. The fraction of sp³-hybridized carbons (Fsp3) is 0.762. The van der Waals surface area contributed by atoms with Crippen molar-refractivity contribution in [2.24, 2.45) is 17.4 Å². The number of amides is 3. The van der Waals surface area contributed by atoms with Gasteiger partial charge in [0.25, 0.3) is 0 Å². The van der Waals surface area contributed by atoms with E-state index in [0.717, 1.165) is 0 Å². The molecule has 12 heteroatoms. The minimum absolute atomic E-state index is 0.268. The molecule has 0 radical (unpaired) electrons. The molecule has 3 amide bonds. The SMILES string of the molecule is CCC(C)C(NC(=O)C(N)CC(=O)O)C(=O)NC(CCCCN)C(=O)N1CCCC1C(=O)O. The molecule has 1 aliphatic rings. The van der Waals surface area contributed by atoms with Gasteiger partial charge in [0.1, 0.15) is 18.1 Å². The van der Waals surface area contributed by atoms with Crippen molar-refractivity contribution >= 4 is 29.7 Å². The van der Waals surface area contributed by atoms with Crippen LogP contribution >= 0.6 is 0 Å². The van der Waals surface area contributed by atoms with Gasteiger partial charge in [0.05, 0.1) is 12.5 Å². The molecule has 0 aliphatic carbocycles. The highest BCUT2D eigenvalue weighted by atomic mass is 16.4. The van der Waals surface area contributed by atoms with Crippen molar-refractivity contribution in [2.45, 2.75) is 83.0 Å². The van der Waals surface area contributed by atoms with E-state index < -0.39 is 60.2 Å². The Morgan fingerprint density at radius 2 is 1.76 bits per heavy atom. The Bertz CT molecular complexity index is 717. The molecule has 0 bridgehead atoms. The highest BCUT2D eigenvalue weighted by Crippen LogP contribution is 2.20. The quantitative estimate of drug-likeness (QED) is 0.172. The van der Waals surface area contributed by atoms with Crippen LogP contribution in [-0.4, -0.2) is 82.0 Å². The molecule has 1 aliphatic heterocycles. The second-order valence-corrected chi connectivity index (χ2v) is 8.45. The average Bonchev–Trinajstić information content (AvgIpc) is 3.25. The van der Waals surface area contributed by atoms with E-state index in [-0.39, 0.29) is 18.9 Å². The normalized spacial score (nSPS) is 19.3. The number of rotatable bonds is 14. The number of hydrogen-bond acceptors (Lipinski definition) is 7. The van der Waals surface area contributed by atoms with Gasteiger partial charge in [-0.05, 0) is 44.6 Å². The second kappa shape index (κ2) is 13.7. The number of aliphatic carboxylic acids is 2. The molecule has 1 rings (SSSR count). The van der Waals surface area contributed by atoms with Crippen LogP contribution in [0.15, 0.2) is 0 Å². The van der Waals surface area contributed by atoms with Crippen LogP contribution in [0.25, 0.3) is 0 Å². The Kier molecular flexibility index (Phi) is 11.8. The monoisotopic (exact) mass is 471 g/mol. The predicted molar refractivity (Wildman–Crippen MR) is 119 cm³/mol. The van der Waals surface area contributed by atoms with E-state index in [9.17, 15) is 29.1 Å². The number of nitrogens with two attached hydrogens (primary N) is 2. The molecular weight excluding hydrogens is 434 g/mol. The predicted octanol–water partition coefficient (Wildman–Crippen LogP) is -0.991. The number of carbonyl (C=O) groups is 5. The lowest BCUT2D eigenvalue weighted by atomic mass is 9.96. The van der Waals surface area contributed by atoms with Gasteiger partial charge in [-0.15, -0.1) is 0 Å². The van der Waals surface area contributed by atoms with Gasteiger partial charge in [0.2, 0.25) is 17.7 Å². The summed E-state index contributed by atoms with van der Waals surface area (Å²) in [4.78, 5) is 62.2. The first-order chi connectivity index (χ1) is 15.5. The summed E-state index contributed by atoms with van der Waals surface area (Å²) in [5.41, 5.74) is 11.2. The van der Waals surface area contributed by atoms with Gasteiger partial charge in [-0.2, -0.15) is 0 Å². The smallest absolute Gasteiger partial charge is 0.326 e. The molecule has 0 aromatic carbocycles. The molecule has 8 N–H and O–H groups in total. The molecule has 1 heterocycles. The Morgan fingerprint density at radius 1 is 1.09 bits per heavy atom. The standard InChI is InChI=1S/C21H37N5O7/c1-3-12(2)17(25-18(29)13(23)11-16(27)28)19(30)24-14(7-4-5-9-22)20(31)26-10-6-8-15(26)21(32)33/h12-15,17H,3-11,22-23H2,1-2H3,(H,24,30)(H,25,29)(H,27,28)(H,32,33). The zero-order valence-electron chi connectivity index (χ0n) is 19.3. The van der Waals surface area contributed by atoms with Crippen LogP contribution in [0.5, 0.6) is 0 Å². The zero-order chi connectivity index (χ0) is 25.1. The van der Waals surface area contributed by atoms with Gasteiger partial charge in [0.15, 0.2) is 0 Å². The molecular formula is C21H37N5O7. The first-order valence-corrected chi connectivity index (χ1v) is 11.3. The van der Waals surface area contributed by atoms with Gasteiger partial charge < -0.3 is 37.2 Å². The third-order valence-electron chi connectivity index (χ3n) is 5.91. The number of nitrogens with zero attached hydrogens (tertiary/aromatic N) is 1. The molecule has 0 spiro atoms. The maximum Gasteiger partial charge on any atom is 0.326 e. The first-order valence-electron chi connectivity index (χ1n) is 11.3. The van der Waals surface area contributed by atoms with Crippen LogP contribution in [0.2, 0.25) is 0 Å². The summed E-state index contributed by atoms with van der Waals surface area (Å²) in [7, 11) is 0. The maximum absolute atomic E-state index is 13.1. The Morgan fingerprint density at radius 3 is 2.30 bits per heavy atom. The Hall–Kier alpha value is -2.73. The summed E-state index contributed by atoms with van der Waals surface area (Å²) < 4.78 is 0. The number of unbranched alkanes of at least 4 members (excludes halogenated alkanes) is 1. The van der Waals surface area contributed by atoms with Crippen LogP contribution in [0.1, 0.15) is 58.8 Å². The molecule has 188 valence electrons. The summed E-state index contributed by atoms with van der Waals surface area (Å²) in [5.74, 6) is -4.55. The fourth-order valence-electron chi connectivity index (χ4n) is 3.74. The molecule has 0 saturated carbocycles. The topological polar surface area (TPSA) is 205 Å². The fourth-order valence-corrected chi connectivity index (χ4v) is 3.74. The number of carbonyl (C=O) groups excluding carboxylic acids is 3. The lowest BCUT2D eigenvalue weighted by molar-refractivity contribution is -0.149. The first kappa shape index (κ1) is 28.3. The number of hydrogen-bond donors (Lipinski definition) is 6. The van der Waals surface area contributed by atoms with Crippen molar-refractivity contribution in [2.75, 3.05) is 13.1 Å². The Balaban J connectivity index is 3.01. The average molecular weight is 472 g/mol. The highest BCUT2D eigenvalue weighted by Gasteiger charge is 2.38. The summed E-state index contributed by atoms with van der Waals surface area (Å²) in [6, 6.07) is -4.28. The molecule has 0 aromatic heterocycles. The Labute approximate surface area is 193 Å². The van der Waals surface area contributed by atoms with Crippen molar-refractivity contribution < 1.29 is 34.2 Å². The van der Waals surface area contributed by atoms with E-state index in [1.54, 1.807) is 6.92 Å². The highest BCUT2D eigenvalue weighted by molar-refractivity contribution is 5.95. The largest absolute Gasteiger partial charge is 0.481 e. The van der Waals surface area contributed by atoms with Crippen molar-refractivity contribution in [3.05, 3.63) is 0 Å². The number of carboxylic acids is 2. The molecule has 5 atom stereocenters. The maximum atomic E-state index is 13.1. The summed E-state index contributed by atoms with van der Waals surface area (Å²) in [6.45, 7) is 4.25. The van der Waals surface area contributed by atoms with E-state index in [2.05, 4.69) is 10.6 Å². The zero-order valence-corrected chi connectivity index (χ0v) is 19.3. The van der Waals surface area contributed by atoms with Crippen LogP contribution in [0.4, 0.5) is 0 Å². The summed E-state index contributed by atoms with van der Waals surface area (Å²) in [5, 5.41) is 23.4. The van der Waals surface area contributed by atoms with Gasteiger partial charge in [0, 0.05) is 6.54 Å². The molecule has 1 fully saturated rings. The van der Waals surface area contributed by atoms with Crippen LogP contribution in [0, 0.1) is 5.92 Å². The number of likely N-dealkylation sites (tertiary alicyclic amines) is 1. The lowest BCUT2D eigenvalue weighted by Crippen LogP contribution is -2.58. The van der Waals surface area contributed by atoms with Crippen LogP contribution in [-0.2, 0) is 24.0 Å². The van der Waals surface area contributed by atoms with Gasteiger partial charge in [-0.25, -0.2) is 4.79 Å². The molecule has 5 unspecified atom stereocenters. The summed E-state index contributed by atoms with van der Waals surface area (Å²) >= 11 is 0. The molecule has 1 saturated heterocycles. The number of carboxylic acid groups (broad SMARTS) is 2. The molecule has 12 nitrogen and oxygen atoms in total. The second-order valence-electron chi connectivity index (χ2n) is 8.45. The van der Waals surface area contributed by atoms with E-state index >= 15 is 0 Å². The van der Waals surface area contributed by atoms with Gasteiger partial charge in [-0.1, -0.05) is 20.3 Å². The van der Waals surface area contributed by atoms with Crippen molar-refractivity contribution in [3.63, 3.8) is 0 Å². The number of nitrogens with one attached hydrogen (secondary N) is 2. The minimum atomic E-state index is -1.33. The minimum Gasteiger partial charge on any atom is -0.481 e. The van der Waals surface area contributed by atoms with Crippen molar-refractivity contribution in [1.29, 1.82) is 0 Å². The van der Waals surface area contributed by atoms with Crippen LogP contribution in [0.3, 0.4) is 0 Å². The van der Waals surface area contributed by atoms with Gasteiger partial charge in [-0.3, -0.25) is 19.2 Å². The van der Waals surface area contributed by atoms with Gasteiger partial charge >= 0.3 is 11.9 Å². The van der Waals surface area contributed by atoms with E-state index in [1.165, 1.54) is 4.90 Å².